The molecular weight excluding hydrogens is 266 g/mol. The highest BCUT2D eigenvalue weighted by Crippen LogP contribution is 2.37. The van der Waals surface area contributed by atoms with Crippen molar-refractivity contribution in [1.82, 2.24) is 9.80 Å². The molecule has 0 N–H and O–H groups in total. The molecule has 1 rings (SSSR count). The fraction of sp³-hybridized carbons (Fsp3) is 0.875. The molecule has 1 heterocycles. The summed E-state index contributed by atoms with van der Waals surface area (Å²) in [5.74, 6) is 0. The van der Waals surface area contributed by atoms with E-state index >= 15 is 0 Å². The molecule has 1 fully saturated rings. The Morgan fingerprint density at radius 1 is 1.00 bits per heavy atom. The van der Waals surface area contributed by atoms with Crippen LogP contribution in [0.4, 0.5) is 4.79 Å². The maximum atomic E-state index is 12.1. The average molecular weight is 295 g/mol. The number of carbonyl (C=O) groups is 1. The third kappa shape index (κ3) is 4.10. The van der Waals surface area contributed by atoms with Gasteiger partial charge in [0.15, 0.2) is 0 Å². The molecule has 0 aliphatic carbocycles. The van der Waals surface area contributed by atoms with E-state index in [9.17, 15) is 4.79 Å². The fourth-order valence-electron chi connectivity index (χ4n) is 2.36. The van der Waals surface area contributed by atoms with Crippen LogP contribution in [0.5, 0.6) is 0 Å². The molecule has 1 amide bonds. The molecule has 5 heteroatoms. The van der Waals surface area contributed by atoms with E-state index in [1.807, 2.05) is 27.7 Å². The normalized spacial score (nSPS) is 20.6. The quantitative estimate of drug-likeness (QED) is 0.697. The zero-order valence-corrected chi connectivity index (χ0v) is 14.5. The zero-order chi connectivity index (χ0) is 16.5. The molecule has 1 aliphatic rings. The summed E-state index contributed by atoms with van der Waals surface area (Å²) in [5.41, 5.74) is -1.15. The highest BCUT2D eigenvalue weighted by molar-refractivity contribution is 5.68. The fourth-order valence-corrected chi connectivity index (χ4v) is 2.36. The SMILES string of the molecule is [C-]#[N+]C(C)(N1CCN(C(=O)OC(C)(C)C)CC1)C(C)(C)C. The Hall–Kier alpha value is -1.28. The van der Waals surface area contributed by atoms with Gasteiger partial charge in [0.2, 0.25) is 0 Å². The standard InChI is InChI=1S/C16H29N3O2/c1-14(2,3)16(7,17-8)19-11-9-18(10-12-19)13(20)21-15(4,5)6/h9-12H2,1-7H3. The molecule has 0 saturated carbocycles. The lowest BCUT2D eigenvalue weighted by molar-refractivity contribution is -0.0144. The van der Waals surface area contributed by atoms with Crippen molar-refractivity contribution in [3.05, 3.63) is 11.4 Å². The lowest BCUT2D eigenvalue weighted by Gasteiger charge is -2.44. The van der Waals surface area contributed by atoms with Crippen molar-refractivity contribution in [2.45, 2.75) is 59.7 Å². The van der Waals surface area contributed by atoms with Crippen molar-refractivity contribution in [1.29, 1.82) is 0 Å². The van der Waals surface area contributed by atoms with E-state index in [-0.39, 0.29) is 11.5 Å². The number of hydrogen-bond donors (Lipinski definition) is 0. The van der Waals surface area contributed by atoms with Crippen molar-refractivity contribution in [3.63, 3.8) is 0 Å². The number of nitrogens with zero attached hydrogens (tertiary/aromatic N) is 3. The van der Waals surface area contributed by atoms with E-state index in [1.165, 1.54) is 0 Å². The second-order valence-corrected chi connectivity index (χ2v) is 7.84. The van der Waals surface area contributed by atoms with Crippen LogP contribution >= 0.6 is 0 Å². The van der Waals surface area contributed by atoms with Crippen LogP contribution in [0.1, 0.15) is 48.5 Å². The van der Waals surface area contributed by atoms with Gasteiger partial charge in [0.05, 0.1) is 5.41 Å². The summed E-state index contributed by atoms with van der Waals surface area (Å²) in [7, 11) is 0. The predicted molar refractivity (Wildman–Crippen MR) is 83.8 cm³/mol. The number of piperazine rings is 1. The minimum absolute atomic E-state index is 0.136. The van der Waals surface area contributed by atoms with Gasteiger partial charge in [-0.1, -0.05) is 20.8 Å². The summed E-state index contributed by atoms with van der Waals surface area (Å²) >= 11 is 0. The first-order chi connectivity index (χ1) is 9.40. The minimum atomic E-state index is -0.549. The van der Waals surface area contributed by atoms with Gasteiger partial charge in [0.25, 0.3) is 5.66 Å². The summed E-state index contributed by atoms with van der Waals surface area (Å²) in [5, 5.41) is 0. The van der Waals surface area contributed by atoms with Gasteiger partial charge >= 0.3 is 6.09 Å². The Morgan fingerprint density at radius 3 is 1.81 bits per heavy atom. The van der Waals surface area contributed by atoms with Gasteiger partial charge in [-0.2, -0.15) is 0 Å². The van der Waals surface area contributed by atoms with Gasteiger partial charge in [-0.3, -0.25) is 4.85 Å². The second-order valence-electron chi connectivity index (χ2n) is 7.84. The molecule has 0 spiro atoms. The Morgan fingerprint density at radius 2 is 1.48 bits per heavy atom. The van der Waals surface area contributed by atoms with Crippen LogP contribution in [-0.4, -0.2) is 53.3 Å². The van der Waals surface area contributed by atoms with Crippen LogP contribution < -0.4 is 0 Å². The highest BCUT2D eigenvalue weighted by atomic mass is 16.6. The van der Waals surface area contributed by atoms with Gasteiger partial charge in [-0.25, -0.2) is 16.3 Å². The lowest BCUT2D eigenvalue weighted by atomic mass is 9.80. The van der Waals surface area contributed by atoms with Crippen LogP contribution in [0.2, 0.25) is 0 Å². The zero-order valence-electron chi connectivity index (χ0n) is 14.5. The monoisotopic (exact) mass is 295 g/mol. The van der Waals surface area contributed by atoms with Crippen molar-refractivity contribution in [2.24, 2.45) is 5.41 Å². The summed E-state index contributed by atoms with van der Waals surface area (Å²) in [6.45, 7) is 24.1. The summed E-state index contributed by atoms with van der Waals surface area (Å²) in [4.78, 5) is 19.9. The first-order valence-electron chi connectivity index (χ1n) is 7.52. The van der Waals surface area contributed by atoms with E-state index in [0.717, 1.165) is 0 Å². The highest BCUT2D eigenvalue weighted by Gasteiger charge is 2.50. The van der Waals surface area contributed by atoms with Crippen LogP contribution in [0.3, 0.4) is 0 Å². The van der Waals surface area contributed by atoms with E-state index in [4.69, 9.17) is 11.3 Å². The molecule has 0 bridgehead atoms. The molecule has 0 aromatic heterocycles. The smallest absolute Gasteiger partial charge is 0.410 e. The Kier molecular flexibility index (Phi) is 4.94. The predicted octanol–water partition coefficient (Wildman–Crippen LogP) is 3.22. The molecule has 0 aromatic carbocycles. The van der Waals surface area contributed by atoms with Crippen molar-refractivity contribution in [3.8, 4) is 0 Å². The Labute approximate surface area is 129 Å². The molecular formula is C16H29N3O2. The van der Waals surface area contributed by atoms with E-state index in [2.05, 4.69) is 30.5 Å². The van der Waals surface area contributed by atoms with E-state index in [0.29, 0.717) is 26.2 Å². The number of amides is 1. The Balaban J connectivity index is 2.68. The molecule has 1 unspecified atom stereocenters. The van der Waals surface area contributed by atoms with Crippen LogP contribution in [-0.2, 0) is 4.74 Å². The molecule has 21 heavy (non-hydrogen) atoms. The number of ether oxygens (including phenoxy) is 1. The van der Waals surface area contributed by atoms with Gasteiger partial charge < -0.3 is 9.64 Å². The molecule has 1 atom stereocenters. The van der Waals surface area contributed by atoms with Gasteiger partial charge in [-0.15, -0.1) is 0 Å². The van der Waals surface area contributed by atoms with Crippen molar-refractivity contribution >= 4 is 6.09 Å². The molecule has 0 radical (unpaired) electrons. The average Bonchev–Trinajstić information content (AvgIpc) is 2.34. The molecule has 0 aromatic rings. The van der Waals surface area contributed by atoms with Gasteiger partial charge in [0.1, 0.15) is 5.60 Å². The van der Waals surface area contributed by atoms with Gasteiger partial charge in [0, 0.05) is 33.1 Å². The maximum absolute atomic E-state index is 12.1. The minimum Gasteiger partial charge on any atom is -0.444 e. The third-order valence-corrected chi connectivity index (χ3v) is 4.19. The molecule has 120 valence electrons. The number of rotatable bonds is 1. The third-order valence-electron chi connectivity index (χ3n) is 4.19. The molecule has 1 aliphatic heterocycles. The first-order valence-corrected chi connectivity index (χ1v) is 7.52. The lowest BCUT2D eigenvalue weighted by Crippen LogP contribution is -2.60. The number of carbonyl (C=O) groups excluding carboxylic acids is 1. The van der Waals surface area contributed by atoms with Crippen molar-refractivity contribution in [2.75, 3.05) is 26.2 Å². The Bertz CT molecular complexity index is 420. The topological polar surface area (TPSA) is 37.1 Å². The van der Waals surface area contributed by atoms with Crippen molar-refractivity contribution < 1.29 is 9.53 Å². The largest absolute Gasteiger partial charge is 0.444 e. The van der Waals surface area contributed by atoms with Crippen LogP contribution in [0.25, 0.3) is 4.85 Å². The summed E-state index contributed by atoms with van der Waals surface area (Å²) in [6, 6.07) is 0. The van der Waals surface area contributed by atoms with Crippen LogP contribution in [0.15, 0.2) is 0 Å². The van der Waals surface area contributed by atoms with Crippen LogP contribution in [0, 0.1) is 12.0 Å². The van der Waals surface area contributed by atoms with Gasteiger partial charge in [-0.05, 0) is 20.8 Å². The maximum Gasteiger partial charge on any atom is 0.410 e. The molecule has 5 nitrogen and oxygen atoms in total. The summed E-state index contributed by atoms with van der Waals surface area (Å²) in [6.07, 6.45) is -0.262. The molecule has 1 saturated heterocycles. The number of hydrogen-bond acceptors (Lipinski definition) is 3. The van der Waals surface area contributed by atoms with E-state index in [1.54, 1.807) is 4.90 Å². The first kappa shape index (κ1) is 17.8. The van der Waals surface area contributed by atoms with E-state index < -0.39 is 11.3 Å². The summed E-state index contributed by atoms with van der Waals surface area (Å²) < 4.78 is 5.40. The second kappa shape index (κ2) is 5.84.